The number of halogens is 1. The fourth-order valence-corrected chi connectivity index (χ4v) is 3.03. The molecule has 0 aromatic heterocycles. The van der Waals surface area contributed by atoms with Gasteiger partial charge in [-0.2, -0.15) is 0 Å². The maximum atomic E-state index is 12.5. The van der Waals surface area contributed by atoms with Gasteiger partial charge >= 0.3 is 0 Å². The number of nitrogens with one attached hydrogen (secondary N) is 2. The number of benzene rings is 2. The van der Waals surface area contributed by atoms with Gasteiger partial charge in [0, 0.05) is 19.6 Å². The van der Waals surface area contributed by atoms with Crippen molar-refractivity contribution in [2.24, 2.45) is 0 Å². The van der Waals surface area contributed by atoms with Gasteiger partial charge in [-0.15, -0.1) is 12.4 Å². The van der Waals surface area contributed by atoms with Crippen LogP contribution in [0.1, 0.15) is 41.5 Å². The molecule has 1 heterocycles. The van der Waals surface area contributed by atoms with Gasteiger partial charge in [0.2, 0.25) is 5.91 Å². The predicted molar refractivity (Wildman–Crippen MR) is 95.6 cm³/mol. The highest BCUT2D eigenvalue weighted by Crippen LogP contribution is 2.20. The third-order valence-electron chi connectivity index (χ3n) is 4.30. The first-order valence-electron chi connectivity index (χ1n) is 7.92. The Morgan fingerprint density at radius 2 is 1.87 bits per heavy atom. The second-order valence-corrected chi connectivity index (χ2v) is 5.80. The maximum absolute atomic E-state index is 12.5. The van der Waals surface area contributed by atoms with Crippen LogP contribution in [0.2, 0.25) is 0 Å². The molecule has 0 bridgehead atoms. The number of carbonyl (C=O) groups excluding carboxylic acids is 1. The molecule has 2 aromatic carbocycles. The summed E-state index contributed by atoms with van der Waals surface area (Å²) in [6, 6.07) is 16.5. The van der Waals surface area contributed by atoms with Crippen molar-refractivity contribution in [2.45, 2.75) is 38.9 Å². The quantitative estimate of drug-likeness (QED) is 0.880. The first-order chi connectivity index (χ1) is 10.8. The van der Waals surface area contributed by atoms with E-state index in [2.05, 4.69) is 35.8 Å². The Balaban J connectivity index is 0.00000192. The van der Waals surface area contributed by atoms with Crippen molar-refractivity contribution >= 4 is 18.3 Å². The van der Waals surface area contributed by atoms with Crippen molar-refractivity contribution in [1.82, 2.24) is 10.6 Å². The molecule has 1 amide bonds. The molecule has 1 aliphatic heterocycles. The first kappa shape index (κ1) is 17.5. The van der Waals surface area contributed by atoms with E-state index in [9.17, 15) is 4.79 Å². The Hall–Kier alpha value is -1.84. The summed E-state index contributed by atoms with van der Waals surface area (Å²) in [5.74, 6) is 0.0321. The lowest BCUT2D eigenvalue weighted by Crippen LogP contribution is -2.28. The van der Waals surface area contributed by atoms with Crippen LogP contribution in [0.3, 0.4) is 0 Å². The van der Waals surface area contributed by atoms with Crippen molar-refractivity contribution in [3.05, 3.63) is 70.8 Å². The molecule has 1 atom stereocenters. The van der Waals surface area contributed by atoms with Crippen LogP contribution >= 0.6 is 12.4 Å². The third kappa shape index (κ3) is 4.12. The van der Waals surface area contributed by atoms with E-state index < -0.39 is 0 Å². The van der Waals surface area contributed by atoms with Gasteiger partial charge in [0.25, 0.3) is 0 Å². The van der Waals surface area contributed by atoms with Crippen LogP contribution < -0.4 is 10.6 Å². The largest absolute Gasteiger partial charge is 0.351 e. The zero-order valence-corrected chi connectivity index (χ0v) is 14.2. The zero-order chi connectivity index (χ0) is 15.4. The molecular formula is C19H23ClN2O. The van der Waals surface area contributed by atoms with Gasteiger partial charge in [-0.1, -0.05) is 55.5 Å². The number of hydrogen-bond acceptors (Lipinski definition) is 2. The van der Waals surface area contributed by atoms with Crippen LogP contribution in [0.25, 0.3) is 0 Å². The summed E-state index contributed by atoms with van der Waals surface area (Å²) in [5, 5.41) is 6.42. The normalized spacial score (nSPS) is 13.8. The van der Waals surface area contributed by atoms with E-state index >= 15 is 0 Å². The number of hydrogen-bond donors (Lipinski definition) is 2. The van der Waals surface area contributed by atoms with E-state index in [1.165, 1.54) is 16.7 Å². The van der Waals surface area contributed by atoms with Crippen molar-refractivity contribution in [2.75, 3.05) is 0 Å². The Kier molecular flexibility index (Phi) is 6.20. The molecule has 2 aromatic rings. The van der Waals surface area contributed by atoms with Gasteiger partial charge in [0.05, 0.1) is 5.92 Å². The molecule has 0 saturated carbocycles. The number of carbonyl (C=O) groups is 1. The fourth-order valence-electron chi connectivity index (χ4n) is 3.03. The summed E-state index contributed by atoms with van der Waals surface area (Å²) in [5.41, 5.74) is 4.96. The first-order valence-corrected chi connectivity index (χ1v) is 7.92. The average molecular weight is 331 g/mol. The topological polar surface area (TPSA) is 41.1 Å². The Morgan fingerprint density at radius 1 is 1.13 bits per heavy atom. The highest BCUT2D eigenvalue weighted by molar-refractivity contribution is 5.85. The maximum Gasteiger partial charge on any atom is 0.227 e. The summed E-state index contributed by atoms with van der Waals surface area (Å²) in [4.78, 5) is 12.5. The van der Waals surface area contributed by atoms with Crippen LogP contribution in [-0.4, -0.2) is 5.91 Å². The lowest BCUT2D eigenvalue weighted by Gasteiger charge is -2.15. The van der Waals surface area contributed by atoms with Crippen LogP contribution in [0.4, 0.5) is 0 Å². The van der Waals surface area contributed by atoms with E-state index in [-0.39, 0.29) is 24.2 Å². The molecule has 0 fully saturated rings. The molecular weight excluding hydrogens is 308 g/mol. The molecule has 2 N–H and O–H groups in total. The molecule has 0 aliphatic carbocycles. The van der Waals surface area contributed by atoms with Gasteiger partial charge in [0.15, 0.2) is 0 Å². The third-order valence-corrected chi connectivity index (χ3v) is 4.30. The molecule has 0 spiro atoms. The van der Waals surface area contributed by atoms with Gasteiger partial charge in [-0.3, -0.25) is 4.79 Å². The number of amides is 1. The molecule has 3 rings (SSSR count). The minimum Gasteiger partial charge on any atom is -0.351 e. The molecule has 3 nitrogen and oxygen atoms in total. The van der Waals surface area contributed by atoms with E-state index in [4.69, 9.17) is 0 Å². The SMILES string of the molecule is CCC(C(=O)NCc1ccc2c(c1)CNC2)c1ccccc1.Cl. The van der Waals surface area contributed by atoms with Gasteiger partial charge in [0.1, 0.15) is 0 Å². The van der Waals surface area contributed by atoms with E-state index in [0.717, 1.165) is 25.1 Å². The van der Waals surface area contributed by atoms with Gasteiger partial charge in [-0.05, 0) is 28.7 Å². The zero-order valence-electron chi connectivity index (χ0n) is 13.3. The molecule has 4 heteroatoms. The standard InChI is InChI=1S/C19H22N2O.ClH/c1-2-18(15-6-4-3-5-7-15)19(22)21-11-14-8-9-16-12-20-13-17(16)10-14;/h3-10,18,20H,2,11-13H2,1H3,(H,21,22);1H. The van der Waals surface area contributed by atoms with Crippen molar-refractivity contribution in [3.8, 4) is 0 Å². The molecule has 1 aliphatic rings. The summed E-state index contributed by atoms with van der Waals surface area (Å²) >= 11 is 0. The monoisotopic (exact) mass is 330 g/mol. The van der Waals surface area contributed by atoms with Crippen molar-refractivity contribution in [3.63, 3.8) is 0 Å². The predicted octanol–water partition coefficient (Wildman–Crippen LogP) is 3.52. The summed E-state index contributed by atoms with van der Waals surface area (Å²) in [6.45, 7) is 4.53. The summed E-state index contributed by atoms with van der Waals surface area (Å²) in [7, 11) is 0. The van der Waals surface area contributed by atoms with Gasteiger partial charge in [-0.25, -0.2) is 0 Å². The van der Waals surface area contributed by atoms with Gasteiger partial charge < -0.3 is 10.6 Å². The lowest BCUT2D eigenvalue weighted by molar-refractivity contribution is -0.122. The average Bonchev–Trinajstić information content (AvgIpc) is 3.02. The molecule has 1 unspecified atom stereocenters. The van der Waals surface area contributed by atoms with E-state index in [1.54, 1.807) is 0 Å². The fraction of sp³-hybridized carbons (Fsp3) is 0.316. The van der Waals surface area contributed by atoms with Crippen LogP contribution in [0.15, 0.2) is 48.5 Å². The van der Waals surface area contributed by atoms with Crippen molar-refractivity contribution in [1.29, 1.82) is 0 Å². The highest BCUT2D eigenvalue weighted by Gasteiger charge is 2.18. The molecule has 0 saturated heterocycles. The summed E-state index contributed by atoms with van der Waals surface area (Å²) < 4.78 is 0. The number of rotatable bonds is 5. The molecule has 23 heavy (non-hydrogen) atoms. The Morgan fingerprint density at radius 3 is 2.61 bits per heavy atom. The molecule has 0 radical (unpaired) electrons. The van der Waals surface area contributed by atoms with Crippen LogP contribution in [-0.2, 0) is 24.4 Å². The van der Waals surface area contributed by atoms with Crippen LogP contribution in [0, 0.1) is 0 Å². The van der Waals surface area contributed by atoms with Crippen LogP contribution in [0.5, 0.6) is 0 Å². The lowest BCUT2D eigenvalue weighted by atomic mass is 9.95. The molecule has 122 valence electrons. The second-order valence-electron chi connectivity index (χ2n) is 5.80. The summed E-state index contributed by atoms with van der Waals surface area (Å²) in [6.07, 6.45) is 0.809. The Labute approximate surface area is 143 Å². The van der Waals surface area contributed by atoms with E-state index in [0.29, 0.717) is 6.54 Å². The van der Waals surface area contributed by atoms with Crippen molar-refractivity contribution < 1.29 is 4.79 Å². The minimum absolute atomic E-state index is 0. The minimum atomic E-state index is -0.0720. The number of fused-ring (bicyclic) bond motifs is 1. The highest BCUT2D eigenvalue weighted by atomic mass is 35.5. The second kappa shape index (κ2) is 8.14. The Bertz CT molecular complexity index is 658. The van der Waals surface area contributed by atoms with E-state index in [1.807, 2.05) is 30.3 Å². The smallest absolute Gasteiger partial charge is 0.227 e.